The second kappa shape index (κ2) is 11.8. The summed E-state index contributed by atoms with van der Waals surface area (Å²) >= 11 is 0. The number of piperidine rings is 1. The number of guanidine groups is 1. The monoisotopic (exact) mass is 411 g/mol. The van der Waals surface area contributed by atoms with E-state index >= 15 is 0 Å². The molecule has 3 rings (SSSR count). The molecule has 6 heteroatoms. The summed E-state index contributed by atoms with van der Waals surface area (Å²) in [4.78, 5) is 9.25. The molecule has 2 N–H and O–H groups in total. The number of nitrogens with zero attached hydrogens (tertiary/aromatic N) is 3. The zero-order valence-electron chi connectivity index (χ0n) is 18.7. The molecule has 0 aliphatic carbocycles. The summed E-state index contributed by atoms with van der Waals surface area (Å²) in [6.45, 7) is 7.97. The number of benzene rings is 1. The summed E-state index contributed by atoms with van der Waals surface area (Å²) < 4.78 is 5.75. The van der Waals surface area contributed by atoms with Crippen molar-refractivity contribution in [2.24, 2.45) is 4.99 Å². The molecule has 1 unspecified atom stereocenters. The van der Waals surface area contributed by atoms with Crippen molar-refractivity contribution < 1.29 is 4.42 Å². The predicted molar refractivity (Wildman–Crippen MR) is 124 cm³/mol. The van der Waals surface area contributed by atoms with Crippen molar-refractivity contribution in [2.45, 2.75) is 45.3 Å². The van der Waals surface area contributed by atoms with E-state index in [0.29, 0.717) is 0 Å². The van der Waals surface area contributed by atoms with Crippen molar-refractivity contribution in [1.29, 1.82) is 0 Å². The molecule has 1 aliphatic rings. The molecule has 0 bridgehead atoms. The Labute approximate surface area is 181 Å². The Hall–Kier alpha value is -2.31. The van der Waals surface area contributed by atoms with Crippen LogP contribution < -0.4 is 10.6 Å². The number of rotatable bonds is 9. The fourth-order valence-corrected chi connectivity index (χ4v) is 3.98. The van der Waals surface area contributed by atoms with Gasteiger partial charge in [0, 0.05) is 26.7 Å². The van der Waals surface area contributed by atoms with Crippen molar-refractivity contribution in [3.63, 3.8) is 0 Å². The van der Waals surface area contributed by atoms with Crippen molar-refractivity contribution in [3.8, 4) is 0 Å². The van der Waals surface area contributed by atoms with Crippen LogP contribution in [0.25, 0.3) is 0 Å². The van der Waals surface area contributed by atoms with Crippen LogP contribution in [-0.4, -0.2) is 56.0 Å². The van der Waals surface area contributed by atoms with Crippen LogP contribution in [0, 0.1) is 0 Å². The number of hydrogen-bond donors (Lipinski definition) is 2. The van der Waals surface area contributed by atoms with Gasteiger partial charge in [-0.2, -0.15) is 0 Å². The normalized spacial score (nSPS) is 16.6. The van der Waals surface area contributed by atoms with Crippen LogP contribution in [0.3, 0.4) is 0 Å². The SMILES string of the molecule is CCN(C)Cc1cccc(CNC(=NC)NCC(c2ccco2)N2CCCCC2)c1. The highest BCUT2D eigenvalue weighted by Gasteiger charge is 2.24. The Morgan fingerprint density at radius 3 is 2.63 bits per heavy atom. The fourth-order valence-electron chi connectivity index (χ4n) is 3.98. The van der Waals surface area contributed by atoms with Crippen LogP contribution in [0.2, 0.25) is 0 Å². The maximum absolute atomic E-state index is 5.75. The molecule has 0 radical (unpaired) electrons. The van der Waals surface area contributed by atoms with Crippen molar-refractivity contribution in [3.05, 3.63) is 59.5 Å². The number of hydrogen-bond acceptors (Lipinski definition) is 4. The first-order valence-corrected chi connectivity index (χ1v) is 11.2. The van der Waals surface area contributed by atoms with Crippen LogP contribution in [0.1, 0.15) is 49.1 Å². The lowest BCUT2D eigenvalue weighted by Crippen LogP contribution is -2.44. The first-order chi connectivity index (χ1) is 14.7. The van der Waals surface area contributed by atoms with Crippen LogP contribution in [0.4, 0.5) is 0 Å². The molecule has 1 saturated heterocycles. The van der Waals surface area contributed by atoms with Gasteiger partial charge in [0.25, 0.3) is 0 Å². The minimum atomic E-state index is 0.228. The van der Waals surface area contributed by atoms with Gasteiger partial charge < -0.3 is 20.0 Å². The molecular formula is C24H37N5O. The van der Waals surface area contributed by atoms with E-state index in [2.05, 4.69) is 69.7 Å². The third kappa shape index (κ3) is 6.61. The van der Waals surface area contributed by atoms with E-state index in [-0.39, 0.29) is 6.04 Å². The topological polar surface area (TPSA) is 56.0 Å². The summed E-state index contributed by atoms with van der Waals surface area (Å²) in [6.07, 6.45) is 5.61. The van der Waals surface area contributed by atoms with Crippen molar-refractivity contribution in [1.82, 2.24) is 20.4 Å². The van der Waals surface area contributed by atoms with Gasteiger partial charge >= 0.3 is 0 Å². The molecule has 1 fully saturated rings. The number of furan rings is 1. The highest BCUT2D eigenvalue weighted by atomic mass is 16.3. The molecule has 1 aliphatic heterocycles. The third-order valence-electron chi connectivity index (χ3n) is 5.83. The molecule has 2 heterocycles. The molecule has 1 aromatic heterocycles. The van der Waals surface area contributed by atoms with Crippen molar-refractivity contribution in [2.75, 3.05) is 40.3 Å². The second-order valence-corrected chi connectivity index (χ2v) is 8.08. The maximum atomic E-state index is 5.75. The Balaban J connectivity index is 1.55. The van der Waals surface area contributed by atoms with Gasteiger partial charge in [-0.1, -0.05) is 37.6 Å². The Kier molecular flexibility index (Phi) is 8.78. The lowest BCUT2D eigenvalue weighted by molar-refractivity contribution is 0.146. The van der Waals surface area contributed by atoms with Gasteiger partial charge in [0.15, 0.2) is 5.96 Å². The summed E-state index contributed by atoms with van der Waals surface area (Å²) in [6, 6.07) is 13.0. The van der Waals surface area contributed by atoms with E-state index in [1.807, 2.05) is 13.1 Å². The Bertz CT molecular complexity index is 768. The molecule has 0 saturated carbocycles. The van der Waals surface area contributed by atoms with E-state index in [1.54, 1.807) is 6.26 Å². The minimum absolute atomic E-state index is 0.228. The quantitative estimate of drug-likeness (QED) is 0.488. The van der Waals surface area contributed by atoms with E-state index in [1.165, 1.54) is 30.4 Å². The number of likely N-dealkylation sites (tertiary alicyclic amines) is 1. The van der Waals surface area contributed by atoms with Gasteiger partial charge in [0.1, 0.15) is 5.76 Å². The Morgan fingerprint density at radius 1 is 1.13 bits per heavy atom. The lowest BCUT2D eigenvalue weighted by Gasteiger charge is -2.33. The summed E-state index contributed by atoms with van der Waals surface area (Å²) in [7, 11) is 3.97. The van der Waals surface area contributed by atoms with E-state index in [9.17, 15) is 0 Å². The average Bonchev–Trinajstić information content (AvgIpc) is 3.31. The van der Waals surface area contributed by atoms with Crippen LogP contribution in [-0.2, 0) is 13.1 Å². The van der Waals surface area contributed by atoms with E-state index < -0.39 is 0 Å². The summed E-state index contributed by atoms with van der Waals surface area (Å²) in [5, 5.41) is 6.97. The molecule has 2 aromatic rings. The van der Waals surface area contributed by atoms with Crippen LogP contribution in [0.15, 0.2) is 52.1 Å². The molecule has 0 amide bonds. The highest BCUT2D eigenvalue weighted by Crippen LogP contribution is 2.24. The zero-order valence-corrected chi connectivity index (χ0v) is 18.7. The smallest absolute Gasteiger partial charge is 0.191 e. The van der Waals surface area contributed by atoms with Gasteiger partial charge in [-0.3, -0.25) is 9.89 Å². The molecule has 1 atom stereocenters. The molecule has 164 valence electrons. The van der Waals surface area contributed by atoms with Gasteiger partial charge in [-0.25, -0.2) is 0 Å². The molecule has 30 heavy (non-hydrogen) atoms. The van der Waals surface area contributed by atoms with Crippen LogP contribution in [0.5, 0.6) is 0 Å². The lowest BCUT2D eigenvalue weighted by atomic mass is 10.1. The number of aliphatic imine (C=N–C) groups is 1. The third-order valence-corrected chi connectivity index (χ3v) is 5.83. The molecular weight excluding hydrogens is 374 g/mol. The van der Waals surface area contributed by atoms with Crippen LogP contribution >= 0.6 is 0 Å². The first kappa shape index (κ1) is 22.4. The maximum Gasteiger partial charge on any atom is 0.191 e. The molecule has 0 spiro atoms. The van der Waals surface area contributed by atoms with Gasteiger partial charge in [-0.15, -0.1) is 0 Å². The summed E-state index contributed by atoms with van der Waals surface area (Å²) in [5.74, 6) is 1.84. The largest absolute Gasteiger partial charge is 0.468 e. The molecule has 6 nitrogen and oxygen atoms in total. The fraction of sp³-hybridized carbons (Fsp3) is 0.542. The van der Waals surface area contributed by atoms with Gasteiger partial charge in [0.05, 0.1) is 12.3 Å². The highest BCUT2D eigenvalue weighted by molar-refractivity contribution is 5.79. The van der Waals surface area contributed by atoms with E-state index in [0.717, 1.165) is 51.0 Å². The second-order valence-electron chi connectivity index (χ2n) is 8.08. The van der Waals surface area contributed by atoms with Gasteiger partial charge in [0.2, 0.25) is 0 Å². The predicted octanol–water partition coefficient (Wildman–Crippen LogP) is 3.62. The minimum Gasteiger partial charge on any atom is -0.468 e. The van der Waals surface area contributed by atoms with Crippen molar-refractivity contribution >= 4 is 5.96 Å². The molecule has 1 aromatic carbocycles. The summed E-state index contributed by atoms with van der Waals surface area (Å²) in [5.41, 5.74) is 2.60. The van der Waals surface area contributed by atoms with E-state index in [4.69, 9.17) is 4.42 Å². The average molecular weight is 412 g/mol. The Morgan fingerprint density at radius 2 is 1.93 bits per heavy atom. The zero-order chi connectivity index (χ0) is 21.2. The number of nitrogens with one attached hydrogen (secondary N) is 2. The standard InChI is InChI=1S/C24H37N5O/c1-4-28(3)19-21-11-8-10-20(16-21)17-26-24(25-2)27-18-22(23-12-9-15-30-23)29-13-6-5-7-14-29/h8-12,15-16,22H,4-7,13-14,17-19H2,1-3H3,(H2,25,26,27). The van der Waals surface area contributed by atoms with Gasteiger partial charge in [-0.05, 0) is 62.8 Å². The first-order valence-electron chi connectivity index (χ1n) is 11.2.